The number of fused-ring (bicyclic) bond motifs is 1. The SMILES string of the molecule is CCc1ccc2oc(CCCC(=O)O)cc(=O)c2c1. The molecule has 19 heavy (non-hydrogen) atoms. The molecule has 2 aromatic rings. The maximum absolute atomic E-state index is 12.0. The lowest BCUT2D eigenvalue weighted by Crippen LogP contribution is -2.03. The van der Waals surface area contributed by atoms with E-state index in [1.807, 2.05) is 19.1 Å². The van der Waals surface area contributed by atoms with Crippen molar-refractivity contribution >= 4 is 16.9 Å². The molecule has 1 heterocycles. The maximum atomic E-state index is 12.0. The lowest BCUT2D eigenvalue weighted by atomic mass is 10.1. The molecule has 100 valence electrons. The predicted molar refractivity (Wildman–Crippen MR) is 72.4 cm³/mol. The smallest absolute Gasteiger partial charge is 0.303 e. The van der Waals surface area contributed by atoms with Crippen LogP contribution in [0.2, 0.25) is 0 Å². The van der Waals surface area contributed by atoms with Gasteiger partial charge in [-0.25, -0.2) is 0 Å². The van der Waals surface area contributed by atoms with E-state index in [4.69, 9.17) is 9.52 Å². The summed E-state index contributed by atoms with van der Waals surface area (Å²) in [7, 11) is 0. The number of carbonyl (C=O) groups is 1. The van der Waals surface area contributed by atoms with Gasteiger partial charge in [0.15, 0.2) is 5.43 Å². The Kier molecular flexibility index (Phi) is 4.00. The summed E-state index contributed by atoms with van der Waals surface area (Å²) in [5.41, 5.74) is 1.59. The minimum atomic E-state index is -0.837. The minimum Gasteiger partial charge on any atom is -0.481 e. The molecule has 0 saturated heterocycles. The van der Waals surface area contributed by atoms with E-state index >= 15 is 0 Å². The summed E-state index contributed by atoms with van der Waals surface area (Å²) in [5, 5.41) is 9.17. The average Bonchev–Trinajstić information content (AvgIpc) is 2.38. The van der Waals surface area contributed by atoms with Gasteiger partial charge in [0.1, 0.15) is 11.3 Å². The Morgan fingerprint density at radius 1 is 1.32 bits per heavy atom. The van der Waals surface area contributed by atoms with Gasteiger partial charge >= 0.3 is 5.97 Å². The summed E-state index contributed by atoms with van der Waals surface area (Å²) in [6.07, 6.45) is 1.89. The van der Waals surface area contributed by atoms with Crippen LogP contribution >= 0.6 is 0 Å². The van der Waals surface area contributed by atoms with Crippen LogP contribution in [0, 0.1) is 0 Å². The molecule has 4 heteroatoms. The second kappa shape index (κ2) is 5.69. The Hall–Kier alpha value is -2.10. The molecule has 0 unspecified atom stereocenters. The van der Waals surface area contributed by atoms with Gasteiger partial charge in [-0.3, -0.25) is 9.59 Å². The van der Waals surface area contributed by atoms with Crippen molar-refractivity contribution in [1.29, 1.82) is 0 Å². The van der Waals surface area contributed by atoms with Crippen LogP contribution in [-0.4, -0.2) is 11.1 Å². The molecule has 0 aliphatic rings. The van der Waals surface area contributed by atoms with Gasteiger partial charge in [0.05, 0.1) is 5.39 Å². The number of carboxylic acid groups (broad SMARTS) is 1. The number of hydrogen-bond acceptors (Lipinski definition) is 3. The van der Waals surface area contributed by atoms with Crippen LogP contribution in [0.5, 0.6) is 0 Å². The zero-order valence-electron chi connectivity index (χ0n) is 10.8. The van der Waals surface area contributed by atoms with Crippen molar-refractivity contribution in [2.24, 2.45) is 0 Å². The summed E-state index contributed by atoms with van der Waals surface area (Å²) in [5.74, 6) is -0.293. The normalized spacial score (nSPS) is 10.8. The third-order valence-corrected chi connectivity index (χ3v) is 3.06. The highest BCUT2D eigenvalue weighted by Gasteiger charge is 2.06. The largest absolute Gasteiger partial charge is 0.481 e. The molecule has 0 atom stereocenters. The summed E-state index contributed by atoms with van der Waals surface area (Å²) >= 11 is 0. The third-order valence-electron chi connectivity index (χ3n) is 3.06. The maximum Gasteiger partial charge on any atom is 0.303 e. The summed E-state index contributed by atoms with van der Waals surface area (Å²) in [4.78, 5) is 22.4. The average molecular weight is 260 g/mol. The van der Waals surface area contributed by atoms with Gasteiger partial charge in [-0.2, -0.15) is 0 Å². The summed E-state index contributed by atoms with van der Waals surface area (Å²) < 4.78 is 5.63. The van der Waals surface area contributed by atoms with Crippen LogP contribution in [0.15, 0.2) is 33.5 Å². The molecule has 1 aromatic carbocycles. The highest BCUT2D eigenvalue weighted by atomic mass is 16.4. The zero-order chi connectivity index (χ0) is 13.8. The van der Waals surface area contributed by atoms with E-state index in [-0.39, 0.29) is 11.8 Å². The second-order valence-corrected chi connectivity index (χ2v) is 4.51. The van der Waals surface area contributed by atoms with E-state index in [2.05, 4.69) is 0 Å². The third kappa shape index (κ3) is 3.22. The molecule has 0 saturated carbocycles. The molecule has 0 bridgehead atoms. The molecule has 0 aliphatic carbocycles. The predicted octanol–water partition coefficient (Wildman–Crippen LogP) is 2.76. The Morgan fingerprint density at radius 2 is 2.11 bits per heavy atom. The number of rotatable bonds is 5. The van der Waals surface area contributed by atoms with Crippen LogP contribution in [0.4, 0.5) is 0 Å². The molecule has 4 nitrogen and oxygen atoms in total. The minimum absolute atomic E-state index is 0.0677. The van der Waals surface area contributed by atoms with Crippen molar-refractivity contribution in [1.82, 2.24) is 0 Å². The number of aryl methyl sites for hydroxylation is 2. The van der Waals surface area contributed by atoms with Crippen LogP contribution in [0.3, 0.4) is 0 Å². The van der Waals surface area contributed by atoms with Crippen molar-refractivity contribution in [2.75, 3.05) is 0 Å². The fraction of sp³-hybridized carbons (Fsp3) is 0.333. The van der Waals surface area contributed by atoms with Crippen molar-refractivity contribution in [3.8, 4) is 0 Å². The van der Waals surface area contributed by atoms with Crippen molar-refractivity contribution in [3.63, 3.8) is 0 Å². The first-order valence-electron chi connectivity index (χ1n) is 6.37. The molecule has 0 amide bonds. The van der Waals surface area contributed by atoms with Gasteiger partial charge in [-0.05, 0) is 30.5 Å². The molecule has 0 aliphatic heterocycles. The first-order valence-corrected chi connectivity index (χ1v) is 6.37. The highest BCUT2D eigenvalue weighted by Crippen LogP contribution is 2.16. The molecule has 0 fully saturated rings. The van der Waals surface area contributed by atoms with Gasteiger partial charge in [0.2, 0.25) is 0 Å². The van der Waals surface area contributed by atoms with Gasteiger partial charge in [0.25, 0.3) is 0 Å². The standard InChI is InChI=1S/C15H16O4/c1-2-10-6-7-14-12(8-10)13(16)9-11(19-14)4-3-5-15(17)18/h6-9H,2-5H2,1H3,(H,17,18). The highest BCUT2D eigenvalue weighted by molar-refractivity contribution is 5.77. The monoisotopic (exact) mass is 260 g/mol. The van der Waals surface area contributed by atoms with E-state index in [9.17, 15) is 9.59 Å². The molecule has 2 rings (SSSR count). The summed E-state index contributed by atoms with van der Waals surface area (Å²) in [6, 6.07) is 7.05. The second-order valence-electron chi connectivity index (χ2n) is 4.51. The van der Waals surface area contributed by atoms with Gasteiger partial charge in [-0.1, -0.05) is 13.0 Å². The number of hydrogen-bond donors (Lipinski definition) is 1. The van der Waals surface area contributed by atoms with Crippen LogP contribution in [-0.2, 0) is 17.6 Å². The van der Waals surface area contributed by atoms with Crippen LogP contribution in [0.25, 0.3) is 11.0 Å². The van der Waals surface area contributed by atoms with E-state index in [0.717, 1.165) is 12.0 Å². The van der Waals surface area contributed by atoms with Gasteiger partial charge < -0.3 is 9.52 Å². The van der Waals surface area contributed by atoms with Crippen LogP contribution < -0.4 is 5.43 Å². The number of carboxylic acids is 1. The Balaban J connectivity index is 2.29. The van der Waals surface area contributed by atoms with Crippen molar-refractivity contribution in [2.45, 2.75) is 32.6 Å². The fourth-order valence-corrected chi connectivity index (χ4v) is 2.01. The lowest BCUT2D eigenvalue weighted by Gasteiger charge is -2.03. The van der Waals surface area contributed by atoms with E-state index in [0.29, 0.717) is 29.6 Å². The fourth-order valence-electron chi connectivity index (χ4n) is 2.01. The van der Waals surface area contributed by atoms with Crippen molar-refractivity contribution < 1.29 is 14.3 Å². The molecule has 1 aromatic heterocycles. The van der Waals surface area contributed by atoms with Crippen LogP contribution in [0.1, 0.15) is 31.1 Å². The molecule has 1 N–H and O–H groups in total. The Labute approximate surface area is 110 Å². The van der Waals surface area contributed by atoms with Gasteiger partial charge in [-0.15, -0.1) is 0 Å². The quantitative estimate of drug-likeness (QED) is 0.897. The Bertz CT molecular complexity index is 655. The first-order chi connectivity index (χ1) is 9.10. The van der Waals surface area contributed by atoms with Crippen molar-refractivity contribution in [3.05, 3.63) is 45.8 Å². The number of aliphatic carboxylic acids is 1. The van der Waals surface area contributed by atoms with E-state index in [1.54, 1.807) is 6.07 Å². The van der Waals surface area contributed by atoms with Gasteiger partial charge in [0, 0.05) is 18.9 Å². The Morgan fingerprint density at radius 3 is 2.79 bits per heavy atom. The molecular weight excluding hydrogens is 244 g/mol. The first kappa shape index (κ1) is 13.3. The lowest BCUT2D eigenvalue weighted by molar-refractivity contribution is -0.137. The molecular formula is C15H16O4. The zero-order valence-corrected chi connectivity index (χ0v) is 10.8. The molecule has 0 radical (unpaired) electrons. The van der Waals surface area contributed by atoms with E-state index < -0.39 is 5.97 Å². The molecule has 0 spiro atoms. The van der Waals surface area contributed by atoms with E-state index in [1.165, 1.54) is 6.07 Å². The topological polar surface area (TPSA) is 67.5 Å². The summed E-state index contributed by atoms with van der Waals surface area (Å²) in [6.45, 7) is 2.03. The number of benzene rings is 1.